The highest BCUT2D eigenvalue weighted by Gasteiger charge is 2.19. The fourth-order valence-corrected chi connectivity index (χ4v) is 4.80. The summed E-state index contributed by atoms with van der Waals surface area (Å²) >= 11 is 7.46. The molecular formula is C26H29ClN2O3S. The van der Waals surface area contributed by atoms with Crippen molar-refractivity contribution in [3.05, 3.63) is 75.6 Å². The van der Waals surface area contributed by atoms with Crippen molar-refractivity contribution in [3.63, 3.8) is 0 Å². The van der Waals surface area contributed by atoms with Gasteiger partial charge >= 0.3 is 0 Å². The number of amides is 1. The van der Waals surface area contributed by atoms with E-state index in [1.54, 1.807) is 31.4 Å². The normalized spacial score (nSPS) is 10.9. The van der Waals surface area contributed by atoms with Gasteiger partial charge in [-0.3, -0.25) is 9.59 Å². The summed E-state index contributed by atoms with van der Waals surface area (Å²) < 4.78 is 5.18. The minimum atomic E-state index is -0.0777. The van der Waals surface area contributed by atoms with Gasteiger partial charge in [0.1, 0.15) is 5.75 Å². The average Bonchev–Trinajstić information content (AvgIpc) is 3.25. The largest absolute Gasteiger partial charge is 0.497 e. The van der Waals surface area contributed by atoms with Crippen molar-refractivity contribution in [2.24, 2.45) is 0 Å². The fraction of sp³-hybridized carbons (Fsp3) is 0.308. The van der Waals surface area contributed by atoms with Crippen LogP contribution in [0.2, 0.25) is 5.02 Å². The highest BCUT2D eigenvalue weighted by atomic mass is 35.5. The lowest BCUT2D eigenvalue weighted by atomic mass is 10.0. The van der Waals surface area contributed by atoms with Gasteiger partial charge in [-0.05, 0) is 66.7 Å². The number of likely N-dealkylation sites (N-methyl/N-ethyl adjacent to an activating group) is 1. The first-order valence-corrected chi connectivity index (χ1v) is 12.2. The molecule has 0 aliphatic heterocycles. The first kappa shape index (κ1) is 25.0. The van der Waals surface area contributed by atoms with Gasteiger partial charge in [0.2, 0.25) is 11.7 Å². The van der Waals surface area contributed by atoms with E-state index in [4.69, 9.17) is 16.3 Å². The summed E-state index contributed by atoms with van der Waals surface area (Å²) in [5.41, 5.74) is 2.35. The van der Waals surface area contributed by atoms with E-state index in [9.17, 15) is 9.59 Å². The van der Waals surface area contributed by atoms with Crippen LogP contribution in [-0.2, 0) is 11.2 Å². The number of hydrogen-bond acceptors (Lipinski definition) is 5. The average molecular weight is 485 g/mol. The zero-order valence-electron chi connectivity index (χ0n) is 19.2. The van der Waals surface area contributed by atoms with Crippen molar-refractivity contribution in [1.29, 1.82) is 0 Å². The molecule has 174 valence electrons. The van der Waals surface area contributed by atoms with Crippen LogP contribution in [0.1, 0.15) is 34.6 Å². The Kier molecular flexibility index (Phi) is 9.06. The summed E-state index contributed by atoms with van der Waals surface area (Å²) in [7, 11) is 1.59. The number of hydrogen-bond donors (Lipinski definition) is 1. The fourth-order valence-electron chi connectivity index (χ4n) is 3.53. The summed E-state index contributed by atoms with van der Waals surface area (Å²) in [5.74, 6) is 0.561. The Hall–Kier alpha value is -2.67. The zero-order chi connectivity index (χ0) is 23.8. The van der Waals surface area contributed by atoms with Crippen LogP contribution in [0.15, 0.2) is 54.6 Å². The molecule has 0 atom stereocenters. The molecule has 0 radical (unpaired) electrons. The van der Waals surface area contributed by atoms with E-state index in [-0.39, 0.29) is 18.1 Å². The molecule has 0 spiro atoms. The molecule has 0 saturated carbocycles. The molecular weight excluding hydrogens is 456 g/mol. The van der Waals surface area contributed by atoms with Gasteiger partial charge in [0.15, 0.2) is 0 Å². The van der Waals surface area contributed by atoms with E-state index < -0.39 is 0 Å². The maximum atomic E-state index is 13.1. The lowest BCUT2D eigenvalue weighted by molar-refractivity contribution is -0.120. The number of rotatable bonds is 11. The van der Waals surface area contributed by atoms with E-state index in [0.29, 0.717) is 27.8 Å². The van der Waals surface area contributed by atoms with Crippen molar-refractivity contribution < 1.29 is 14.3 Å². The molecule has 7 heteroatoms. The summed E-state index contributed by atoms with van der Waals surface area (Å²) in [5, 5.41) is 3.64. The molecule has 0 aliphatic carbocycles. The standard InChI is InChI=1S/C26H29ClN2O3S/c1-4-29(5-2)15-14-28-24(30)17-20-16-23(25(31)18-8-12-22(32-3)13-9-18)33-26(20)19-6-10-21(27)11-7-19/h6-13,16H,4-5,14-15,17H2,1-3H3,(H,28,30). The summed E-state index contributed by atoms with van der Waals surface area (Å²) in [4.78, 5) is 29.6. The molecule has 0 aliphatic rings. The van der Waals surface area contributed by atoms with Crippen LogP contribution < -0.4 is 10.1 Å². The lowest BCUT2D eigenvalue weighted by Crippen LogP contribution is -2.35. The van der Waals surface area contributed by atoms with Crippen LogP contribution in [0.25, 0.3) is 10.4 Å². The maximum Gasteiger partial charge on any atom is 0.224 e. The maximum absolute atomic E-state index is 13.1. The van der Waals surface area contributed by atoms with Gasteiger partial charge in [0.25, 0.3) is 0 Å². The summed E-state index contributed by atoms with van der Waals surface area (Å²) in [6.45, 7) is 7.53. The van der Waals surface area contributed by atoms with E-state index >= 15 is 0 Å². The second kappa shape index (κ2) is 12.0. The molecule has 3 rings (SSSR count). The van der Waals surface area contributed by atoms with Gasteiger partial charge < -0.3 is 15.0 Å². The molecule has 3 aromatic rings. The van der Waals surface area contributed by atoms with Crippen LogP contribution in [0.5, 0.6) is 5.75 Å². The van der Waals surface area contributed by atoms with E-state index in [0.717, 1.165) is 35.6 Å². The Labute approximate surface area is 204 Å². The van der Waals surface area contributed by atoms with Crippen LogP contribution in [0.4, 0.5) is 0 Å². The second-order valence-corrected chi connectivity index (χ2v) is 9.07. The predicted octanol–water partition coefficient (Wildman–Crippen LogP) is 5.31. The minimum Gasteiger partial charge on any atom is -0.497 e. The van der Waals surface area contributed by atoms with Crippen LogP contribution in [0.3, 0.4) is 0 Å². The molecule has 1 amide bonds. The van der Waals surface area contributed by atoms with E-state index in [1.807, 2.05) is 30.3 Å². The van der Waals surface area contributed by atoms with Gasteiger partial charge in [0.05, 0.1) is 18.4 Å². The third-order valence-electron chi connectivity index (χ3n) is 5.49. The Morgan fingerprint density at radius 3 is 2.30 bits per heavy atom. The van der Waals surface area contributed by atoms with Crippen molar-refractivity contribution >= 4 is 34.6 Å². The SMILES string of the molecule is CCN(CC)CCNC(=O)Cc1cc(C(=O)c2ccc(OC)cc2)sc1-c1ccc(Cl)cc1. The third-order valence-corrected chi connectivity index (χ3v) is 6.96. The van der Waals surface area contributed by atoms with Gasteiger partial charge in [-0.25, -0.2) is 0 Å². The quantitative estimate of drug-likeness (QED) is 0.375. The lowest BCUT2D eigenvalue weighted by Gasteiger charge is -2.17. The molecule has 0 unspecified atom stereocenters. The smallest absolute Gasteiger partial charge is 0.224 e. The Morgan fingerprint density at radius 2 is 1.70 bits per heavy atom. The number of carbonyl (C=O) groups is 2. The number of nitrogens with zero attached hydrogens (tertiary/aromatic N) is 1. The molecule has 0 saturated heterocycles. The van der Waals surface area contributed by atoms with Gasteiger partial charge in [-0.2, -0.15) is 0 Å². The molecule has 0 fully saturated rings. The van der Waals surface area contributed by atoms with Gasteiger partial charge in [-0.1, -0.05) is 37.6 Å². The number of thiophene rings is 1. The molecule has 33 heavy (non-hydrogen) atoms. The molecule has 0 bridgehead atoms. The molecule has 1 aromatic heterocycles. The van der Waals surface area contributed by atoms with Crippen LogP contribution >= 0.6 is 22.9 Å². The molecule has 2 aromatic carbocycles. The number of halogens is 1. The van der Waals surface area contributed by atoms with Crippen molar-refractivity contribution in [2.75, 3.05) is 33.3 Å². The summed E-state index contributed by atoms with van der Waals surface area (Å²) in [6, 6.07) is 16.3. The first-order chi connectivity index (χ1) is 15.9. The van der Waals surface area contributed by atoms with Crippen molar-refractivity contribution in [3.8, 4) is 16.2 Å². The number of methoxy groups -OCH3 is 1. The molecule has 1 N–H and O–H groups in total. The minimum absolute atomic E-state index is 0.0568. The van der Waals surface area contributed by atoms with E-state index in [2.05, 4.69) is 24.1 Å². The third kappa shape index (κ3) is 6.67. The highest BCUT2D eigenvalue weighted by molar-refractivity contribution is 7.17. The number of ether oxygens (including phenoxy) is 1. The Balaban J connectivity index is 1.83. The molecule has 1 heterocycles. The van der Waals surface area contributed by atoms with Crippen LogP contribution in [-0.4, -0.2) is 49.9 Å². The zero-order valence-corrected chi connectivity index (χ0v) is 20.8. The van der Waals surface area contributed by atoms with Crippen LogP contribution in [0, 0.1) is 0 Å². The first-order valence-electron chi connectivity index (χ1n) is 11.0. The second-order valence-electron chi connectivity index (χ2n) is 7.58. The predicted molar refractivity (Wildman–Crippen MR) is 136 cm³/mol. The molecule has 5 nitrogen and oxygen atoms in total. The Morgan fingerprint density at radius 1 is 1.03 bits per heavy atom. The number of carbonyl (C=O) groups excluding carboxylic acids is 2. The highest BCUT2D eigenvalue weighted by Crippen LogP contribution is 2.35. The van der Waals surface area contributed by atoms with E-state index in [1.165, 1.54) is 11.3 Å². The van der Waals surface area contributed by atoms with Gasteiger partial charge in [-0.15, -0.1) is 11.3 Å². The topological polar surface area (TPSA) is 58.6 Å². The van der Waals surface area contributed by atoms with Gasteiger partial charge in [0, 0.05) is 28.6 Å². The number of benzene rings is 2. The number of ketones is 1. The summed E-state index contributed by atoms with van der Waals surface area (Å²) in [6.07, 6.45) is 0.211. The number of nitrogens with one attached hydrogen (secondary N) is 1. The van der Waals surface area contributed by atoms with Crippen molar-refractivity contribution in [1.82, 2.24) is 10.2 Å². The Bertz CT molecular complexity index is 1070. The monoisotopic (exact) mass is 484 g/mol. The van der Waals surface area contributed by atoms with Crippen molar-refractivity contribution in [2.45, 2.75) is 20.3 Å².